The molecule has 0 aromatic carbocycles. The molecule has 25 heavy (non-hydrogen) atoms. The van der Waals surface area contributed by atoms with Crippen molar-refractivity contribution in [3.63, 3.8) is 0 Å². The van der Waals surface area contributed by atoms with Gasteiger partial charge in [-0.15, -0.1) is 0 Å². The number of halogens is 1. The predicted octanol–water partition coefficient (Wildman–Crippen LogP) is 2.35. The van der Waals surface area contributed by atoms with Crippen LogP contribution in [0.2, 0.25) is 0 Å². The maximum atomic E-state index is 14.7. The Morgan fingerprint density at radius 3 is 2.28 bits per heavy atom. The van der Waals surface area contributed by atoms with E-state index in [1.54, 1.807) is 0 Å². The summed E-state index contributed by atoms with van der Waals surface area (Å²) in [6, 6.07) is 0. The molecule has 2 N–H and O–H groups in total. The topological polar surface area (TPSA) is 118 Å². The standard InChI is InChI=1S/C16H23FO7S/c1-4-16(17,25(21,22)23)13(10(2)3)9-24-15(20)12-8-6-5-7-11(12)14(18)19/h4,11-13H,1-2,5-9H2,3H3,(H,18,19)(H,21,22,23)/t11?,12?,13?,16-/m1/s1. The SMILES string of the molecule is C=C[C@](F)(C(COC(=O)C1CCCCC1C(=O)O)C(=C)C)S(=O)(=O)O. The summed E-state index contributed by atoms with van der Waals surface area (Å²) >= 11 is 0. The molecule has 0 heterocycles. The Balaban J connectivity index is 2.94. The Bertz CT molecular complexity index is 657. The zero-order valence-electron chi connectivity index (χ0n) is 14.0. The molecule has 1 aliphatic rings. The first-order valence-corrected chi connectivity index (χ1v) is 9.24. The van der Waals surface area contributed by atoms with Crippen molar-refractivity contribution in [1.29, 1.82) is 0 Å². The first kappa shape index (κ1) is 21.3. The molecule has 1 fully saturated rings. The van der Waals surface area contributed by atoms with E-state index in [9.17, 15) is 27.5 Å². The van der Waals surface area contributed by atoms with Gasteiger partial charge in [-0.25, -0.2) is 4.39 Å². The second kappa shape index (κ2) is 8.09. The van der Waals surface area contributed by atoms with Crippen molar-refractivity contribution in [2.75, 3.05) is 6.61 Å². The van der Waals surface area contributed by atoms with Crippen LogP contribution in [0.3, 0.4) is 0 Å². The molecular formula is C16H23FO7S. The molecule has 1 rings (SSSR count). The van der Waals surface area contributed by atoms with Gasteiger partial charge in [0, 0.05) is 0 Å². The Morgan fingerprint density at radius 1 is 1.36 bits per heavy atom. The third-order valence-electron chi connectivity index (χ3n) is 4.52. The van der Waals surface area contributed by atoms with Gasteiger partial charge in [0.2, 0.25) is 0 Å². The molecule has 7 nitrogen and oxygen atoms in total. The maximum Gasteiger partial charge on any atom is 0.309 e. The van der Waals surface area contributed by atoms with E-state index in [1.165, 1.54) is 6.92 Å². The van der Waals surface area contributed by atoms with Crippen molar-refractivity contribution in [1.82, 2.24) is 0 Å². The first-order chi connectivity index (χ1) is 11.5. The highest BCUT2D eigenvalue weighted by Crippen LogP contribution is 2.36. The lowest BCUT2D eigenvalue weighted by Crippen LogP contribution is -2.43. The monoisotopic (exact) mass is 378 g/mol. The van der Waals surface area contributed by atoms with Gasteiger partial charge >= 0.3 is 22.1 Å². The molecule has 0 bridgehead atoms. The molecule has 0 radical (unpaired) electrons. The molecule has 0 aliphatic heterocycles. The Kier molecular flexibility index (Phi) is 6.90. The minimum absolute atomic E-state index is 0.0197. The molecule has 142 valence electrons. The molecule has 0 saturated heterocycles. The molecule has 9 heteroatoms. The number of alkyl halides is 1. The summed E-state index contributed by atoms with van der Waals surface area (Å²) in [5.41, 5.74) is 0.0197. The molecular weight excluding hydrogens is 355 g/mol. The second-order valence-electron chi connectivity index (χ2n) is 6.24. The number of esters is 1. The molecule has 0 aromatic rings. The number of carboxylic acids is 1. The van der Waals surface area contributed by atoms with E-state index in [4.69, 9.17) is 9.29 Å². The van der Waals surface area contributed by atoms with Crippen LogP contribution in [0.25, 0.3) is 0 Å². The van der Waals surface area contributed by atoms with Gasteiger partial charge in [0.25, 0.3) is 5.00 Å². The normalized spacial score (nSPS) is 24.6. The zero-order valence-corrected chi connectivity index (χ0v) is 14.8. The van der Waals surface area contributed by atoms with Gasteiger partial charge in [-0.05, 0) is 25.8 Å². The van der Waals surface area contributed by atoms with E-state index in [2.05, 4.69) is 13.2 Å². The fourth-order valence-corrected chi connectivity index (χ4v) is 3.84. The van der Waals surface area contributed by atoms with Gasteiger partial charge < -0.3 is 9.84 Å². The lowest BCUT2D eigenvalue weighted by molar-refractivity contribution is -0.160. The molecule has 3 unspecified atom stereocenters. The van der Waals surface area contributed by atoms with Gasteiger partial charge in [-0.3, -0.25) is 14.1 Å². The molecule has 0 aromatic heterocycles. The number of carbonyl (C=O) groups excluding carboxylic acids is 1. The Morgan fingerprint density at radius 2 is 1.88 bits per heavy atom. The summed E-state index contributed by atoms with van der Waals surface area (Å²) in [6.45, 7) is 7.16. The minimum atomic E-state index is -5.19. The predicted molar refractivity (Wildman–Crippen MR) is 87.9 cm³/mol. The lowest BCUT2D eigenvalue weighted by atomic mass is 9.79. The van der Waals surface area contributed by atoms with Crippen LogP contribution in [0.1, 0.15) is 32.6 Å². The van der Waals surface area contributed by atoms with Crippen LogP contribution >= 0.6 is 0 Å². The van der Waals surface area contributed by atoms with Crippen LogP contribution in [0.15, 0.2) is 24.8 Å². The van der Waals surface area contributed by atoms with Crippen molar-refractivity contribution in [2.45, 2.75) is 37.6 Å². The molecule has 1 saturated carbocycles. The van der Waals surface area contributed by atoms with E-state index < -0.39 is 51.4 Å². The van der Waals surface area contributed by atoms with Crippen molar-refractivity contribution in [2.24, 2.45) is 17.8 Å². The van der Waals surface area contributed by atoms with Gasteiger partial charge in [-0.1, -0.05) is 31.6 Å². The van der Waals surface area contributed by atoms with E-state index >= 15 is 0 Å². The van der Waals surface area contributed by atoms with Gasteiger partial charge in [0.05, 0.1) is 17.8 Å². The summed E-state index contributed by atoms with van der Waals surface area (Å²) in [4.78, 5) is 23.5. The quantitative estimate of drug-likeness (QED) is 0.378. The van der Waals surface area contributed by atoms with Crippen LogP contribution in [0.4, 0.5) is 4.39 Å². The van der Waals surface area contributed by atoms with E-state index in [0.29, 0.717) is 31.8 Å². The highest BCUT2D eigenvalue weighted by molar-refractivity contribution is 7.87. The van der Waals surface area contributed by atoms with Gasteiger partial charge in [0.15, 0.2) is 0 Å². The van der Waals surface area contributed by atoms with Crippen LogP contribution in [0.5, 0.6) is 0 Å². The Hall–Kier alpha value is -1.74. The average Bonchev–Trinajstić information content (AvgIpc) is 2.52. The Labute approximate surface area is 146 Å². The fourth-order valence-electron chi connectivity index (χ4n) is 3.00. The molecule has 1 aliphatic carbocycles. The number of carbonyl (C=O) groups is 2. The summed E-state index contributed by atoms with van der Waals surface area (Å²) in [6.07, 6.45) is 2.42. The fraction of sp³-hybridized carbons (Fsp3) is 0.625. The van der Waals surface area contributed by atoms with E-state index in [-0.39, 0.29) is 5.57 Å². The van der Waals surface area contributed by atoms with Crippen LogP contribution in [-0.4, -0.2) is 41.6 Å². The average molecular weight is 378 g/mol. The van der Waals surface area contributed by atoms with Crippen molar-refractivity contribution < 1.29 is 36.8 Å². The number of rotatable bonds is 8. The van der Waals surface area contributed by atoms with E-state index in [1.807, 2.05) is 0 Å². The van der Waals surface area contributed by atoms with Crippen LogP contribution in [-0.2, 0) is 24.4 Å². The molecule has 0 amide bonds. The number of carboxylic acid groups (broad SMARTS) is 1. The zero-order chi connectivity index (χ0) is 19.4. The van der Waals surface area contributed by atoms with E-state index in [0.717, 1.165) is 0 Å². The highest BCUT2D eigenvalue weighted by Gasteiger charge is 2.49. The first-order valence-electron chi connectivity index (χ1n) is 7.80. The molecule has 4 atom stereocenters. The third-order valence-corrected chi connectivity index (χ3v) is 5.76. The minimum Gasteiger partial charge on any atom is -0.481 e. The maximum absolute atomic E-state index is 14.7. The summed E-state index contributed by atoms with van der Waals surface area (Å²) in [5, 5.41) is 5.92. The number of aliphatic carboxylic acids is 1. The summed E-state index contributed by atoms with van der Waals surface area (Å²) in [5.74, 6) is -5.28. The van der Waals surface area contributed by atoms with Crippen LogP contribution in [0, 0.1) is 17.8 Å². The lowest BCUT2D eigenvalue weighted by Gasteiger charge is -2.30. The van der Waals surface area contributed by atoms with Crippen LogP contribution < -0.4 is 0 Å². The number of hydrogen-bond acceptors (Lipinski definition) is 5. The van der Waals surface area contributed by atoms with Crippen molar-refractivity contribution in [3.8, 4) is 0 Å². The number of hydrogen-bond donors (Lipinski definition) is 2. The second-order valence-corrected chi connectivity index (χ2v) is 7.82. The van der Waals surface area contributed by atoms with Gasteiger partial charge in [-0.2, -0.15) is 8.42 Å². The van der Waals surface area contributed by atoms with Gasteiger partial charge in [0.1, 0.15) is 6.61 Å². The highest BCUT2D eigenvalue weighted by atomic mass is 32.2. The van der Waals surface area contributed by atoms with Crippen molar-refractivity contribution >= 4 is 22.1 Å². The largest absolute Gasteiger partial charge is 0.481 e. The summed E-state index contributed by atoms with van der Waals surface area (Å²) in [7, 11) is -5.19. The number of ether oxygens (including phenoxy) is 1. The third kappa shape index (κ3) is 4.66. The summed E-state index contributed by atoms with van der Waals surface area (Å²) < 4.78 is 51.6. The molecule has 0 spiro atoms. The van der Waals surface area contributed by atoms with Crippen molar-refractivity contribution in [3.05, 3.63) is 24.8 Å². The smallest absolute Gasteiger partial charge is 0.309 e.